The lowest BCUT2D eigenvalue weighted by Gasteiger charge is -2.25. The average Bonchev–Trinajstić information content (AvgIpc) is 2.64. The number of aryl methyl sites for hydroxylation is 2. The lowest BCUT2D eigenvalue weighted by atomic mass is 10.1. The van der Waals surface area contributed by atoms with Gasteiger partial charge in [-0.05, 0) is 50.5 Å². The van der Waals surface area contributed by atoms with Gasteiger partial charge in [-0.1, -0.05) is 66.4 Å². The molecule has 0 spiro atoms. The highest BCUT2D eigenvalue weighted by Crippen LogP contribution is 2.33. The van der Waals surface area contributed by atoms with Crippen molar-refractivity contribution in [2.45, 2.75) is 32.9 Å². The fourth-order valence-corrected chi connectivity index (χ4v) is 4.24. The Morgan fingerprint density at radius 1 is 1.12 bits per heavy atom. The molecule has 0 heterocycles. The van der Waals surface area contributed by atoms with Crippen molar-refractivity contribution in [1.82, 2.24) is 4.90 Å². The van der Waals surface area contributed by atoms with Gasteiger partial charge in [-0.15, -0.1) is 0 Å². The predicted octanol–water partition coefficient (Wildman–Crippen LogP) is 5.34. The third-order valence-electron chi connectivity index (χ3n) is 4.23. The molecule has 5 heteroatoms. The lowest BCUT2D eigenvalue weighted by Crippen LogP contribution is -2.29. The van der Waals surface area contributed by atoms with Crippen LogP contribution in [0.5, 0.6) is 0 Å². The monoisotopic (exact) mass is 386 g/mol. The zero-order valence-corrected chi connectivity index (χ0v) is 17.4. The third-order valence-corrected chi connectivity index (χ3v) is 5.96. The largest absolute Gasteiger partial charge is 0.358 e. The van der Waals surface area contributed by atoms with Crippen LogP contribution in [-0.2, 0) is 4.79 Å². The number of hydrogen-bond acceptors (Lipinski definition) is 3. The molecule has 0 saturated carbocycles. The zero-order valence-electron chi connectivity index (χ0n) is 15.8. The van der Waals surface area contributed by atoms with Gasteiger partial charge in [0.2, 0.25) is 5.91 Å². The number of rotatable bonds is 6. The first-order valence-electron chi connectivity index (χ1n) is 8.84. The molecule has 2 rings (SSSR count). The number of nitrogens with one attached hydrogen (secondary N) is 1. The topological polar surface area (TPSA) is 32.3 Å². The standard InChI is InChI=1S/C21H26N2OS2/c1-5-23(6-2)21(25)26-19(17-10-8-7-9-11-17)20(24)22-18-14-15(3)12-13-16(18)4/h7-14,19H,5-6H2,1-4H3,(H,22,24). The number of carbonyl (C=O) groups is 1. The maximum absolute atomic E-state index is 13.1. The number of thiocarbonyl (C=S) groups is 1. The van der Waals surface area contributed by atoms with E-state index in [1.54, 1.807) is 0 Å². The molecular formula is C21H26N2OS2. The van der Waals surface area contributed by atoms with E-state index < -0.39 is 0 Å². The SMILES string of the molecule is CCN(CC)C(=S)SC(C(=O)Nc1cc(C)ccc1C)c1ccccc1. The normalized spacial score (nSPS) is 11.7. The number of amides is 1. The molecule has 26 heavy (non-hydrogen) atoms. The van der Waals surface area contributed by atoms with Crippen molar-refractivity contribution < 1.29 is 4.79 Å². The highest BCUT2D eigenvalue weighted by atomic mass is 32.2. The van der Waals surface area contributed by atoms with Gasteiger partial charge in [-0.25, -0.2) is 0 Å². The van der Waals surface area contributed by atoms with Gasteiger partial charge in [0.25, 0.3) is 0 Å². The van der Waals surface area contributed by atoms with E-state index in [-0.39, 0.29) is 11.2 Å². The second-order valence-corrected chi connectivity index (χ2v) is 7.89. The molecule has 0 bridgehead atoms. The lowest BCUT2D eigenvalue weighted by molar-refractivity contribution is -0.115. The van der Waals surface area contributed by atoms with Crippen molar-refractivity contribution in [3.63, 3.8) is 0 Å². The van der Waals surface area contributed by atoms with E-state index >= 15 is 0 Å². The minimum Gasteiger partial charge on any atom is -0.358 e. The van der Waals surface area contributed by atoms with E-state index in [1.165, 1.54) is 11.8 Å². The number of carbonyl (C=O) groups excluding carboxylic acids is 1. The van der Waals surface area contributed by atoms with Gasteiger partial charge < -0.3 is 10.2 Å². The fraction of sp³-hybridized carbons (Fsp3) is 0.333. The Balaban J connectivity index is 2.27. The van der Waals surface area contributed by atoms with Crippen LogP contribution in [0.25, 0.3) is 0 Å². The van der Waals surface area contributed by atoms with E-state index in [1.807, 2.05) is 62.4 Å². The molecule has 0 fully saturated rings. The fourth-order valence-electron chi connectivity index (χ4n) is 2.63. The molecule has 0 saturated heterocycles. The summed E-state index contributed by atoms with van der Waals surface area (Å²) in [6.45, 7) is 9.84. The van der Waals surface area contributed by atoms with Gasteiger partial charge in [0.05, 0.1) is 0 Å². The summed E-state index contributed by atoms with van der Waals surface area (Å²) in [4.78, 5) is 15.2. The quantitative estimate of drug-likeness (QED) is 0.679. The summed E-state index contributed by atoms with van der Waals surface area (Å²) >= 11 is 7.03. The van der Waals surface area contributed by atoms with Gasteiger partial charge in [-0.2, -0.15) is 0 Å². The summed E-state index contributed by atoms with van der Waals surface area (Å²) in [6.07, 6.45) is 0. The summed E-state index contributed by atoms with van der Waals surface area (Å²) in [6, 6.07) is 15.9. The van der Waals surface area contributed by atoms with Crippen LogP contribution in [0.2, 0.25) is 0 Å². The van der Waals surface area contributed by atoms with Crippen molar-refractivity contribution in [2.24, 2.45) is 0 Å². The van der Waals surface area contributed by atoms with Crippen molar-refractivity contribution in [3.05, 3.63) is 65.2 Å². The Labute approximate surface area is 166 Å². The Bertz CT molecular complexity index is 758. The highest BCUT2D eigenvalue weighted by molar-refractivity contribution is 8.23. The molecule has 1 unspecified atom stereocenters. The molecule has 0 aliphatic rings. The van der Waals surface area contributed by atoms with Crippen LogP contribution in [0.3, 0.4) is 0 Å². The Hall–Kier alpha value is -1.85. The summed E-state index contributed by atoms with van der Waals surface area (Å²) in [5, 5.41) is 2.71. The smallest absolute Gasteiger partial charge is 0.242 e. The summed E-state index contributed by atoms with van der Waals surface area (Å²) in [5.74, 6) is -0.0515. The molecule has 1 atom stereocenters. The van der Waals surface area contributed by atoms with Crippen molar-refractivity contribution in [1.29, 1.82) is 0 Å². The zero-order chi connectivity index (χ0) is 19.1. The van der Waals surface area contributed by atoms with Crippen LogP contribution >= 0.6 is 24.0 Å². The molecule has 0 radical (unpaired) electrons. The van der Waals surface area contributed by atoms with Gasteiger partial charge in [0, 0.05) is 18.8 Å². The van der Waals surface area contributed by atoms with Crippen molar-refractivity contribution >= 4 is 39.9 Å². The van der Waals surface area contributed by atoms with Gasteiger partial charge in [0.1, 0.15) is 9.57 Å². The molecule has 0 aliphatic heterocycles. The first-order valence-corrected chi connectivity index (χ1v) is 10.1. The molecule has 2 aromatic carbocycles. The van der Waals surface area contributed by atoms with Gasteiger partial charge in [-0.3, -0.25) is 4.79 Å². The molecule has 0 aromatic heterocycles. The molecular weight excluding hydrogens is 360 g/mol. The molecule has 138 valence electrons. The summed E-state index contributed by atoms with van der Waals surface area (Å²) in [7, 11) is 0. The Morgan fingerprint density at radius 3 is 2.38 bits per heavy atom. The van der Waals surface area contributed by atoms with Crippen molar-refractivity contribution in [2.75, 3.05) is 18.4 Å². The Morgan fingerprint density at radius 2 is 1.77 bits per heavy atom. The number of hydrogen-bond donors (Lipinski definition) is 1. The highest BCUT2D eigenvalue weighted by Gasteiger charge is 2.25. The number of benzene rings is 2. The summed E-state index contributed by atoms with van der Waals surface area (Å²) < 4.78 is 0.750. The third kappa shape index (κ3) is 5.32. The first kappa shape index (κ1) is 20.5. The van der Waals surface area contributed by atoms with E-state index in [0.717, 1.165) is 39.8 Å². The van der Waals surface area contributed by atoms with Gasteiger partial charge >= 0.3 is 0 Å². The van der Waals surface area contributed by atoms with Crippen molar-refractivity contribution in [3.8, 4) is 0 Å². The maximum atomic E-state index is 13.1. The van der Waals surface area contributed by atoms with Crippen LogP contribution in [0.1, 0.15) is 35.8 Å². The minimum atomic E-state index is -0.385. The Kier molecular flexibility index (Phi) is 7.66. The van der Waals surface area contributed by atoms with E-state index in [0.29, 0.717) is 0 Å². The van der Waals surface area contributed by atoms with E-state index in [9.17, 15) is 4.79 Å². The molecule has 1 amide bonds. The second kappa shape index (κ2) is 9.74. The predicted molar refractivity (Wildman–Crippen MR) is 117 cm³/mol. The van der Waals surface area contributed by atoms with Gasteiger partial charge in [0.15, 0.2) is 0 Å². The van der Waals surface area contributed by atoms with E-state index in [4.69, 9.17) is 12.2 Å². The van der Waals surface area contributed by atoms with E-state index in [2.05, 4.69) is 24.1 Å². The molecule has 0 aliphatic carbocycles. The first-order chi connectivity index (χ1) is 12.5. The van der Waals surface area contributed by atoms with Crippen LogP contribution in [0.4, 0.5) is 5.69 Å². The number of anilines is 1. The summed E-state index contributed by atoms with van der Waals surface area (Å²) in [5.41, 5.74) is 3.97. The van der Waals surface area contributed by atoms with Crippen LogP contribution in [-0.4, -0.2) is 28.2 Å². The number of nitrogens with zero attached hydrogens (tertiary/aromatic N) is 1. The molecule has 1 N–H and O–H groups in total. The second-order valence-electron chi connectivity index (χ2n) is 6.15. The van der Waals surface area contributed by atoms with Crippen LogP contribution in [0, 0.1) is 13.8 Å². The van der Waals surface area contributed by atoms with Crippen LogP contribution < -0.4 is 5.32 Å². The minimum absolute atomic E-state index is 0.0515. The molecule has 3 nitrogen and oxygen atoms in total. The molecule has 2 aromatic rings. The average molecular weight is 387 g/mol. The van der Waals surface area contributed by atoms with Crippen LogP contribution in [0.15, 0.2) is 48.5 Å². The number of thioether (sulfide) groups is 1. The maximum Gasteiger partial charge on any atom is 0.242 e.